The minimum absolute atomic E-state index is 0.248. The molecular weight excluding hydrogens is 268 g/mol. The second-order valence-corrected chi connectivity index (χ2v) is 5.71. The summed E-state index contributed by atoms with van der Waals surface area (Å²) >= 11 is 0. The second kappa shape index (κ2) is 7.22. The molecule has 0 spiro atoms. The maximum Gasteiger partial charge on any atom is 0.338 e. The summed E-state index contributed by atoms with van der Waals surface area (Å²) < 4.78 is 30.8. The highest BCUT2D eigenvalue weighted by atomic mass is 32.2. The number of carbonyl (C=O) groups excluding carboxylic acids is 1. The van der Waals surface area contributed by atoms with Crippen LogP contribution in [-0.4, -0.2) is 41.6 Å². The monoisotopic (exact) mass is 286 g/mol. The SMILES string of the molecule is CNCCNS(=O)(=O)Cc1ccccc1C(=O)OC. The van der Waals surface area contributed by atoms with E-state index in [2.05, 4.69) is 14.8 Å². The molecule has 0 saturated heterocycles. The number of ether oxygens (including phenoxy) is 1. The molecule has 0 heterocycles. The number of hydrogen-bond donors (Lipinski definition) is 2. The number of likely N-dealkylation sites (N-methyl/N-ethyl adjacent to an activating group) is 1. The van der Waals surface area contributed by atoms with Crippen molar-refractivity contribution in [2.45, 2.75) is 5.75 Å². The zero-order chi connectivity index (χ0) is 14.3. The van der Waals surface area contributed by atoms with Gasteiger partial charge in [0.05, 0.1) is 18.4 Å². The molecule has 0 bridgehead atoms. The normalized spacial score (nSPS) is 11.3. The van der Waals surface area contributed by atoms with Gasteiger partial charge in [0.25, 0.3) is 0 Å². The van der Waals surface area contributed by atoms with Gasteiger partial charge in [-0.1, -0.05) is 18.2 Å². The molecular formula is C12H18N2O4S. The molecule has 0 atom stereocenters. The Labute approximate surface area is 113 Å². The van der Waals surface area contributed by atoms with Crippen molar-refractivity contribution in [3.05, 3.63) is 35.4 Å². The fraction of sp³-hybridized carbons (Fsp3) is 0.417. The van der Waals surface area contributed by atoms with Crippen LogP contribution in [0.1, 0.15) is 15.9 Å². The van der Waals surface area contributed by atoms with Crippen LogP contribution in [0.3, 0.4) is 0 Å². The molecule has 0 aliphatic heterocycles. The summed E-state index contributed by atoms with van der Waals surface area (Å²) in [6.07, 6.45) is 0. The molecule has 0 radical (unpaired) electrons. The average Bonchev–Trinajstić information content (AvgIpc) is 2.38. The standard InChI is InChI=1S/C12H18N2O4S/c1-13-7-8-14-19(16,17)9-10-5-3-4-6-11(10)12(15)18-2/h3-6,13-14H,7-9H2,1-2H3. The van der Waals surface area contributed by atoms with Gasteiger partial charge in [-0.3, -0.25) is 0 Å². The van der Waals surface area contributed by atoms with Crippen molar-refractivity contribution in [1.82, 2.24) is 10.0 Å². The van der Waals surface area contributed by atoms with Crippen molar-refractivity contribution in [3.63, 3.8) is 0 Å². The van der Waals surface area contributed by atoms with Gasteiger partial charge in [0.15, 0.2) is 0 Å². The Morgan fingerprint density at radius 3 is 2.58 bits per heavy atom. The molecule has 19 heavy (non-hydrogen) atoms. The van der Waals surface area contributed by atoms with Gasteiger partial charge in [0.2, 0.25) is 10.0 Å². The van der Waals surface area contributed by atoms with Gasteiger partial charge >= 0.3 is 5.97 Å². The highest BCUT2D eigenvalue weighted by Crippen LogP contribution is 2.13. The van der Waals surface area contributed by atoms with E-state index in [1.54, 1.807) is 31.3 Å². The molecule has 0 aliphatic carbocycles. The first-order valence-corrected chi connectivity index (χ1v) is 7.43. The Balaban J connectivity index is 2.84. The van der Waals surface area contributed by atoms with Crippen LogP contribution < -0.4 is 10.0 Å². The molecule has 0 fully saturated rings. The molecule has 1 aromatic carbocycles. The average molecular weight is 286 g/mol. The first-order chi connectivity index (χ1) is 9.00. The molecule has 106 valence electrons. The minimum Gasteiger partial charge on any atom is -0.465 e. The number of carbonyl (C=O) groups is 1. The second-order valence-electron chi connectivity index (χ2n) is 3.91. The Morgan fingerprint density at radius 1 is 1.26 bits per heavy atom. The van der Waals surface area contributed by atoms with Gasteiger partial charge in [-0.25, -0.2) is 17.9 Å². The molecule has 0 aromatic heterocycles. The third-order valence-electron chi connectivity index (χ3n) is 2.47. The summed E-state index contributed by atoms with van der Waals surface area (Å²) in [6.45, 7) is 0.844. The smallest absolute Gasteiger partial charge is 0.338 e. The maximum atomic E-state index is 11.8. The van der Waals surface area contributed by atoms with Gasteiger partial charge in [0.1, 0.15) is 0 Å². The van der Waals surface area contributed by atoms with Gasteiger partial charge in [-0.05, 0) is 18.7 Å². The van der Waals surface area contributed by atoms with Crippen molar-refractivity contribution >= 4 is 16.0 Å². The molecule has 7 heteroatoms. The van der Waals surface area contributed by atoms with E-state index in [4.69, 9.17) is 0 Å². The van der Waals surface area contributed by atoms with Crippen LogP contribution in [0, 0.1) is 0 Å². The highest BCUT2D eigenvalue weighted by molar-refractivity contribution is 7.88. The topological polar surface area (TPSA) is 84.5 Å². The first-order valence-electron chi connectivity index (χ1n) is 5.78. The lowest BCUT2D eigenvalue weighted by atomic mass is 10.1. The molecule has 0 unspecified atom stereocenters. The van der Waals surface area contributed by atoms with Crippen molar-refractivity contribution in [2.24, 2.45) is 0 Å². The van der Waals surface area contributed by atoms with Gasteiger partial charge in [0, 0.05) is 13.1 Å². The van der Waals surface area contributed by atoms with Gasteiger partial charge in [-0.2, -0.15) is 0 Å². The van der Waals surface area contributed by atoms with E-state index >= 15 is 0 Å². The molecule has 0 amide bonds. The number of hydrogen-bond acceptors (Lipinski definition) is 5. The van der Waals surface area contributed by atoms with E-state index in [9.17, 15) is 13.2 Å². The molecule has 1 aromatic rings. The molecule has 2 N–H and O–H groups in total. The number of rotatable bonds is 7. The van der Waals surface area contributed by atoms with E-state index in [0.29, 0.717) is 18.7 Å². The van der Waals surface area contributed by atoms with E-state index < -0.39 is 16.0 Å². The quantitative estimate of drug-likeness (QED) is 0.549. The Hall–Kier alpha value is -1.44. The summed E-state index contributed by atoms with van der Waals surface area (Å²) in [5, 5.41) is 2.84. The number of sulfonamides is 1. The predicted octanol–water partition coefficient (Wildman–Crippen LogP) is 0.112. The summed E-state index contributed by atoms with van der Waals surface area (Å²) in [5.74, 6) is -0.789. The van der Waals surface area contributed by atoms with Crippen LogP contribution >= 0.6 is 0 Å². The van der Waals surface area contributed by atoms with Crippen molar-refractivity contribution in [2.75, 3.05) is 27.2 Å². The van der Waals surface area contributed by atoms with Crippen molar-refractivity contribution in [1.29, 1.82) is 0 Å². The first kappa shape index (κ1) is 15.6. The third-order valence-corrected chi connectivity index (χ3v) is 3.80. The lowest BCUT2D eigenvalue weighted by molar-refractivity contribution is 0.0600. The lowest BCUT2D eigenvalue weighted by Crippen LogP contribution is -2.31. The van der Waals surface area contributed by atoms with Crippen molar-refractivity contribution < 1.29 is 17.9 Å². The third kappa shape index (κ3) is 4.98. The largest absolute Gasteiger partial charge is 0.465 e. The fourth-order valence-corrected chi connectivity index (χ4v) is 2.72. The lowest BCUT2D eigenvalue weighted by Gasteiger charge is -2.09. The fourth-order valence-electron chi connectivity index (χ4n) is 1.54. The van der Waals surface area contributed by atoms with E-state index in [1.807, 2.05) is 0 Å². The van der Waals surface area contributed by atoms with Crippen LogP contribution in [0.15, 0.2) is 24.3 Å². The highest BCUT2D eigenvalue weighted by Gasteiger charge is 2.17. The molecule has 0 saturated carbocycles. The van der Waals surface area contributed by atoms with Crippen LogP contribution in [0.25, 0.3) is 0 Å². The van der Waals surface area contributed by atoms with E-state index in [0.717, 1.165) is 0 Å². The number of nitrogens with one attached hydrogen (secondary N) is 2. The minimum atomic E-state index is -3.47. The van der Waals surface area contributed by atoms with Crippen LogP contribution in [-0.2, 0) is 20.5 Å². The van der Waals surface area contributed by atoms with Gasteiger partial charge in [-0.15, -0.1) is 0 Å². The maximum absolute atomic E-state index is 11.8. The van der Waals surface area contributed by atoms with Crippen LogP contribution in [0.5, 0.6) is 0 Å². The Kier molecular flexibility index (Phi) is 5.94. The summed E-state index contributed by atoms with van der Waals surface area (Å²) in [6, 6.07) is 6.50. The summed E-state index contributed by atoms with van der Waals surface area (Å²) in [7, 11) is -0.469. The Bertz CT molecular complexity index is 528. The molecule has 1 rings (SSSR count). The van der Waals surface area contributed by atoms with Crippen molar-refractivity contribution in [3.8, 4) is 0 Å². The zero-order valence-electron chi connectivity index (χ0n) is 11.0. The predicted molar refractivity (Wildman–Crippen MR) is 72.3 cm³/mol. The van der Waals surface area contributed by atoms with Gasteiger partial charge < -0.3 is 10.1 Å². The number of methoxy groups -OCH3 is 1. The number of benzene rings is 1. The molecule has 6 nitrogen and oxygen atoms in total. The van der Waals surface area contributed by atoms with Crippen LogP contribution in [0.4, 0.5) is 0 Å². The Morgan fingerprint density at radius 2 is 1.95 bits per heavy atom. The van der Waals surface area contributed by atoms with E-state index in [-0.39, 0.29) is 11.3 Å². The van der Waals surface area contributed by atoms with Crippen LogP contribution in [0.2, 0.25) is 0 Å². The summed E-state index contributed by atoms with van der Waals surface area (Å²) in [4.78, 5) is 11.5. The zero-order valence-corrected chi connectivity index (χ0v) is 11.8. The van der Waals surface area contributed by atoms with E-state index in [1.165, 1.54) is 7.11 Å². The molecule has 0 aliphatic rings. The number of esters is 1. The summed E-state index contributed by atoms with van der Waals surface area (Å²) in [5.41, 5.74) is 0.690.